The van der Waals surface area contributed by atoms with Gasteiger partial charge in [-0.1, -0.05) is 12.1 Å². The summed E-state index contributed by atoms with van der Waals surface area (Å²) in [6.07, 6.45) is 2.56. The van der Waals surface area contributed by atoms with Gasteiger partial charge >= 0.3 is 0 Å². The number of amides is 1. The van der Waals surface area contributed by atoms with E-state index in [0.29, 0.717) is 13.1 Å². The zero-order valence-corrected chi connectivity index (χ0v) is 18.0. The van der Waals surface area contributed by atoms with Crippen molar-refractivity contribution in [2.75, 3.05) is 61.4 Å². The van der Waals surface area contributed by atoms with Crippen LogP contribution in [0, 0.1) is 0 Å². The number of hydrogen-bond acceptors (Lipinski definition) is 5. The molecule has 6 nitrogen and oxygen atoms in total. The van der Waals surface area contributed by atoms with Gasteiger partial charge in [-0.25, -0.2) is 0 Å². The molecule has 1 fully saturated rings. The van der Waals surface area contributed by atoms with Crippen molar-refractivity contribution >= 4 is 23.0 Å². The van der Waals surface area contributed by atoms with Crippen LogP contribution in [0.3, 0.4) is 0 Å². The van der Waals surface area contributed by atoms with Gasteiger partial charge in [0.05, 0.1) is 18.8 Å². The van der Waals surface area contributed by atoms with Crippen LogP contribution >= 0.6 is 0 Å². The van der Waals surface area contributed by atoms with Crippen molar-refractivity contribution in [2.45, 2.75) is 25.9 Å². The molecule has 0 bridgehead atoms. The number of para-hydroxylation sites is 2. The van der Waals surface area contributed by atoms with E-state index >= 15 is 0 Å². The molecule has 1 N–H and O–H groups in total. The van der Waals surface area contributed by atoms with Crippen LogP contribution in [0.25, 0.3) is 0 Å². The molecule has 2 aromatic carbocycles. The second-order valence-corrected chi connectivity index (χ2v) is 8.23. The number of nitrogens with zero attached hydrogens (tertiary/aromatic N) is 3. The number of fused-ring (bicyclic) bond motifs is 1. The Morgan fingerprint density at radius 2 is 1.87 bits per heavy atom. The molecule has 0 unspecified atom stereocenters. The van der Waals surface area contributed by atoms with Crippen LogP contribution in [0.2, 0.25) is 0 Å². The predicted octanol–water partition coefficient (Wildman–Crippen LogP) is 3.44. The van der Waals surface area contributed by atoms with E-state index in [4.69, 9.17) is 4.74 Å². The maximum Gasteiger partial charge on any atom is 0.238 e. The first kappa shape index (κ1) is 20.5. The van der Waals surface area contributed by atoms with Crippen molar-refractivity contribution in [2.24, 2.45) is 0 Å². The zero-order chi connectivity index (χ0) is 20.9. The molecule has 6 heteroatoms. The molecule has 1 saturated heterocycles. The first-order valence-corrected chi connectivity index (χ1v) is 11.0. The zero-order valence-electron chi connectivity index (χ0n) is 18.0. The van der Waals surface area contributed by atoms with Crippen LogP contribution in [-0.4, -0.2) is 63.2 Å². The monoisotopic (exact) mass is 408 g/mol. The fourth-order valence-electron chi connectivity index (χ4n) is 4.36. The molecular formula is C24H32N4O2. The Balaban J connectivity index is 1.27. The van der Waals surface area contributed by atoms with E-state index in [1.807, 2.05) is 42.3 Å². The molecule has 0 radical (unpaired) electrons. The quantitative estimate of drug-likeness (QED) is 0.761. The molecule has 4 rings (SSSR count). The van der Waals surface area contributed by atoms with Crippen LogP contribution in [-0.2, 0) is 4.79 Å². The molecule has 0 aliphatic carbocycles. The lowest BCUT2D eigenvalue weighted by molar-refractivity contribution is -0.117. The lowest BCUT2D eigenvalue weighted by Crippen LogP contribution is -2.46. The number of ether oxygens (including phenoxy) is 1. The number of likely N-dealkylation sites (N-methyl/N-ethyl adjacent to an activating group) is 2. The van der Waals surface area contributed by atoms with Gasteiger partial charge in [0.25, 0.3) is 0 Å². The minimum absolute atomic E-state index is 0.00465. The maximum absolute atomic E-state index is 12.5. The van der Waals surface area contributed by atoms with Gasteiger partial charge in [0, 0.05) is 37.6 Å². The summed E-state index contributed by atoms with van der Waals surface area (Å²) in [6, 6.07) is 16.3. The summed E-state index contributed by atoms with van der Waals surface area (Å²) in [5.74, 6) is 0.918. The molecule has 1 atom stereocenters. The normalized spacial score (nSPS) is 18.3. The number of rotatable bonds is 7. The summed E-state index contributed by atoms with van der Waals surface area (Å²) in [5, 5.41) is 3.01. The Kier molecular flexibility index (Phi) is 6.43. The van der Waals surface area contributed by atoms with Gasteiger partial charge in [-0.05, 0) is 63.2 Å². The van der Waals surface area contributed by atoms with E-state index in [-0.39, 0.29) is 12.0 Å². The summed E-state index contributed by atoms with van der Waals surface area (Å²) < 4.78 is 6.18. The summed E-state index contributed by atoms with van der Waals surface area (Å²) >= 11 is 0. The highest BCUT2D eigenvalue weighted by Crippen LogP contribution is 2.32. The largest absolute Gasteiger partial charge is 0.485 e. The molecule has 2 aliphatic heterocycles. The smallest absolute Gasteiger partial charge is 0.238 e. The van der Waals surface area contributed by atoms with Gasteiger partial charge in [0.2, 0.25) is 5.91 Å². The topological polar surface area (TPSA) is 48.0 Å². The maximum atomic E-state index is 12.5. The standard InChI is InChI=1S/C24H32N4O2/c1-3-27-17-21(30-23-9-5-4-8-22(23)27)16-26(2)18-24(29)25-19-10-12-20(13-11-19)28-14-6-7-15-28/h4-5,8-13,21H,3,6-7,14-18H2,1-2H3,(H,25,29)/t21-/m0/s1. The first-order valence-electron chi connectivity index (χ1n) is 11.0. The third kappa shape index (κ3) is 4.87. The lowest BCUT2D eigenvalue weighted by atomic mass is 10.2. The number of hydrogen-bond donors (Lipinski definition) is 1. The average Bonchev–Trinajstić information content (AvgIpc) is 3.28. The van der Waals surface area contributed by atoms with Crippen molar-refractivity contribution in [1.29, 1.82) is 0 Å². The first-order chi connectivity index (χ1) is 14.6. The van der Waals surface area contributed by atoms with Crippen LogP contribution in [0.1, 0.15) is 19.8 Å². The number of nitrogens with one attached hydrogen (secondary N) is 1. The Morgan fingerprint density at radius 3 is 2.60 bits per heavy atom. The van der Waals surface area contributed by atoms with E-state index < -0.39 is 0 Å². The molecule has 160 valence electrons. The third-order valence-corrected chi connectivity index (χ3v) is 5.86. The Bertz CT molecular complexity index is 849. The third-order valence-electron chi connectivity index (χ3n) is 5.86. The highest BCUT2D eigenvalue weighted by molar-refractivity contribution is 5.92. The Labute approximate surface area is 179 Å². The van der Waals surface area contributed by atoms with Gasteiger partial charge < -0.3 is 19.9 Å². The van der Waals surface area contributed by atoms with Crippen molar-refractivity contribution in [3.05, 3.63) is 48.5 Å². The summed E-state index contributed by atoms with van der Waals surface area (Å²) in [5.41, 5.74) is 3.23. The van der Waals surface area contributed by atoms with Crippen LogP contribution < -0.4 is 19.9 Å². The van der Waals surface area contributed by atoms with E-state index in [2.05, 4.69) is 40.2 Å². The predicted molar refractivity (Wildman–Crippen MR) is 123 cm³/mol. The molecular weight excluding hydrogens is 376 g/mol. The summed E-state index contributed by atoms with van der Waals surface area (Å²) in [6.45, 7) is 7.21. The highest BCUT2D eigenvalue weighted by atomic mass is 16.5. The van der Waals surface area contributed by atoms with Crippen LogP contribution in [0.15, 0.2) is 48.5 Å². The molecule has 2 aliphatic rings. The van der Waals surface area contributed by atoms with E-state index in [1.54, 1.807) is 0 Å². The van der Waals surface area contributed by atoms with Gasteiger partial charge in [-0.15, -0.1) is 0 Å². The molecule has 2 aromatic rings. The van der Waals surface area contributed by atoms with Gasteiger partial charge in [0.1, 0.15) is 11.9 Å². The number of anilines is 3. The minimum Gasteiger partial charge on any atom is -0.485 e. The number of carbonyl (C=O) groups is 1. The highest BCUT2D eigenvalue weighted by Gasteiger charge is 2.25. The van der Waals surface area contributed by atoms with Crippen molar-refractivity contribution in [3.8, 4) is 5.75 Å². The number of carbonyl (C=O) groups excluding carboxylic acids is 1. The summed E-state index contributed by atoms with van der Waals surface area (Å²) in [4.78, 5) is 19.3. The van der Waals surface area contributed by atoms with Gasteiger partial charge in [-0.2, -0.15) is 0 Å². The second-order valence-electron chi connectivity index (χ2n) is 8.23. The molecule has 1 amide bonds. The Hall–Kier alpha value is -2.73. The Morgan fingerprint density at radius 1 is 1.13 bits per heavy atom. The summed E-state index contributed by atoms with van der Waals surface area (Å²) in [7, 11) is 1.97. The van der Waals surface area contributed by atoms with E-state index in [1.165, 1.54) is 18.5 Å². The fraction of sp³-hybridized carbons (Fsp3) is 0.458. The van der Waals surface area contributed by atoms with E-state index in [9.17, 15) is 4.79 Å². The number of benzene rings is 2. The SMILES string of the molecule is CCN1C[C@H](CN(C)CC(=O)Nc2ccc(N3CCCC3)cc2)Oc2ccccc21. The van der Waals surface area contributed by atoms with Crippen LogP contribution in [0.4, 0.5) is 17.1 Å². The average molecular weight is 409 g/mol. The van der Waals surface area contributed by atoms with Crippen LogP contribution in [0.5, 0.6) is 5.75 Å². The lowest BCUT2D eigenvalue weighted by Gasteiger charge is -2.37. The molecule has 30 heavy (non-hydrogen) atoms. The molecule has 0 spiro atoms. The fourth-order valence-corrected chi connectivity index (χ4v) is 4.36. The van der Waals surface area contributed by atoms with E-state index in [0.717, 1.165) is 43.3 Å². The minimum atomic E-state index is -0.00465. The van der Waals surface area contributed by atoms with Crippen molar-refractivity contribution < 1.29 is 9.53 Å². The van der Waals surface area contributed by atoms with Gasteiger partial charge in [0.15, 0.2) is 0 Å². The van der Waals surface area contributed by atoms with Crippen molar-refractivity contribution in [1.82, 2.24) is 4.90 Å². The molecule has 0 saturated carbocycles. The van der Waals surface area contributed by atoms with Gasteiger partial charge in [-0.3, -0.25) is 9.69 Å². The molecule has 0 aromatic heterocycles. The molecule has 2 heterocycles. The van der Waals surface area contributed by atoms with Crippen molar-refractivity contribution in [3.63, 3.8) is 0 Å². The second kappa shape index (κ2) is 9.39.